The summed E-state index contributed by atoms with van der Waals surface area (Å²) in [5, 5.41) is 6.33. The first-order valence-electron chi connectivity index (χ1n) is 16.8. The maximum atomic E-state index is 13.3. The molecule has 7 unspecified atom stereocenters. The molecule has 43 heavy (non-hydrogen) atoms. The Balaban J connectivity index is 1.22. The number of fused-ring (bicyclic) bond motifs is 3. The summed E-state index contributed by atoms with van der Waals surface area (Å²) >= 11 is 6.50. The van der Waals surface area contributed by atoms with Gasteiger partial charge in [-0.25, -0.2) is 10.9 Å². The van der Waals surface area contributed by atoms with Gasteiger partial charge in [0.15, 0.2) is 8.32 Å². The van der Waals surface area contributed by atoms with Gasteiger partial charge in [0.05, 0.1) is 30.9 Å². The van der Waals surface area contributed by atoms with E-state index in [0.29, 0.717) is 37.4 Å². The van der Waals surface area contributed by atoms with Crippen molar-refractivity contribution >= 4 is 37.4 Å². The number of hydrogen-bond donors (Lipinski definition) is 5. The highest BCUT2D eigenvalue weighted by Crippen LogP contribution is 2.42. The van der Waals surface area contributed by atoms with Crippen molar-refractivity contribution in [3.63, 3.8) is 0 Å². The quantitative estimate of drug-likeness (QED) is 0.149. The highest BCUT2D eigenvalue weighted by atomic mass is 35.5. The van der Waals surface area contributed by atoms with Crippen molar-refractivity contribution in [1.29, 1.82) is 0 Å². The number of ether oxygens (including phenoxy) is 1. The Morgan fingerprint density at radius 2 is 1.79 bits per heavy atom. The molecule has 2 aliphatic heterocycles. The summed E-state index contributed by atoms with van der Waals surface area (Å²) in [5.74, 6) is 0.670. The normalized spacial score (nSPS) is 38.8. The molecule has 0 aromatic rings. The molecular formula is C31H55ClN6O4Si. The second kappa shape index (κ2) is 14.6. The van der Waals surface area contributed by atoms with Gasteiger partial charge in [0, 0.05) is 49.2 Å². The number of amides is 2. The molecule has 10 nitrogen and oxygen atoms in total. The lowest BCUT2D eigenvalue weighted by Gasteiger charge is -2.44. The molecule has 244 valence electrons. The van der Waals surface area contributed by atoms with Crippen LogP contribution in [0.4, 0.5) is 0 Å². The average molecular weight is 639 g/mol. The number of hydrogen-bond acceptors (Lipinski definition) is 8. The van der Waals surface area contributed by atoms with E-state index in [4.69, 9.17) is 21.3 Å². The zero-order valence-corrected chi connectivity index (χ0v) is 28.4. The molecule has 2 heterocycles. The van der Waals surface area contributed by atoms with Crippen LogP contribution in [-0.2, 0) is 14.3 Å². The van der Waals surface area contributed by atoms with Crippen LogP contribution in [0.25, 0.3) is 0 Å². The molecule has 0 spiro atoms. The average Bonchev–Trinajstić information content (AvgIpc) is 3.31. The first kappa shape index (κ1) is 33.3. The first-order valence-corrected chi connectivity index (χ1v) is 20.3. The van der Waals surface area contributed by atoms with Crippen LogP contribution in [0.1, 0.15) is 84.0 Å². The smallest absolute Gasteiger partial charge is 0.223 e. The van der Waals surface area contributed by atoms with Crippen LogP contribution in [0.5, 0.6) is 0 Å². The number of nitrogens with zero attached hydrogens (tertiary/aromatic N) is 2. The molecule has 0 aromatic heterocycles. The minimum atomic E-state index is -2.24. The van der Waals surface area contributed by atoms with Crippen molar-refractivity contribution in [3.05, 3.63) is 0 Å². The Kier molecular flexibility index (Phi) is 11.3. The Morgan fingerprint density at radius 1 is 1.05 bits per heavy atom. The number of halogens is 1. The fourth-order valence-corrected chi connectivity index (χ4v) is 10.5. The molecule has 5 aliphatic rings. The molecule has 8 atom stereocenters. The second-order valence-corrected chi connectivity index (χ2v) is 19.1. The van der Waals surface area contributed by atoms with Gasteiger partial charge in [-0.3, -0.25) is 19.5 Å². The van der Waals surface area contributed by atoms with Gasteiger partial charge in [-0.1, -0.05) is 12.8 Å². The largest absolute Gasteiger partial charge is 0.432 e. The zero-order chi connectivity index (χ0) is 30.7. The molecule has 12 heteroatoms. The number of nitrogens with one attached hydrogen (secondary N) is 4. The van der Waals surface area contributed by atoms with E-state index in [1.165, 1.54) is 5.71 Å². The van der Waals surface area contributed by atoms with Crippen LogP contribution in [-0.4, -0.2) is 91.6 Å². The van der Waals surface area contributed by atoms with Crippen molar-refractivity contribution < 1.29 is 19.1 Å². The number of carbonyl (C=O) groups is 2. The van der Waals surface area contributed by atoms with E-state index >= 15 is 0 Å². The Hall–Kier alpha value is -1.08. The van der Waals surface area contributed by atoms with E-state index in [-0.39, 0.29) is 53.1 Å². The Labute approximate surface area is 264 Å². The van der Waals surface area contributed by atoms with Crippen LogP contribution < -0.4 is 21.5 Å². The van der Waals surface area contributed by atoms with Crippen LogP contribution >= 0.6 is 11.6 Å². The number of aliphatic imine (C=N–C) groups is 1. The molecule has 5 rings (SSSR count). The summed E-state index contributed by atoms with van der Waals surface area (Å²) in [4.78, 5) is 44.7. The van der Waals surface area contributed by atoms with Crippen LogP contribution in [0, 0.1) is 17.8 Å². The van der Waals surface area contributed by atoms with Gasteiger partial charge in [0.2, 0.25) is 11.8 Å². The molecule has 0 bridgehead atoms. The van der Waals surface area contributed by atoms with Gasteiger partial charge >= 0.3 is 0 Å². The van der Waals surface area contributed by atoms with E-state index in [9.17, 15) is 14.4 Å². The van der Waals surface area contributed by atoms with Crippen LogP contribution in [0.15, 0.2) is 4.99 Å². The van der Waals surface area contributed by atoms with Crippen LogP contribution in [0.2, 0.25) is 18.6 Å². The third-order valence-electron chi connectivity index (χ3n) is 11.0. The number of alkyl halides is 1. The van der Waals surface area contributed by atoms with Crippen molar-refractivity contribution in [2.45, 2.75) is 139 Å². The number of hydrazine groups is 1. The van der Waals surface area contributed by atoms with Gasteiger partial charge < -0.3 is 20.2 Å². The lowest BCUT2D eigenvalue weighted by molar-refractivity contribution is -0.126. The number of carbonyl (C=O) groups excluding carboxylic acids is 2. The maximum Gasteiger partial charge on any atom is 0.223 e. The van der Waals surface area contributed by atoms with E-state index < -0.39 is 8.32 Å². The molecule has 5 N–H and O–H groups in total. The SMILES string of the molecule is COC1CCC2C(C1)C(C1CCC(Cl)CC1)=N[C@@H](CC(=O)NCCNC(=O)C1CCCC([Si](C)(C)O)C1)C1NNC(C)N21. The second-order valence-electron chi connectivity index (χ2n) is 14.3. The molecule has 3 aliphatic carbocycles. The summed E-state index contributed by atoms with van der Waals surface area (Å²) in [6, 6.07) is 0.135. The standard InChI is InChI=1S/C31H55ClN6O4Si/c1-19-36-37-30-26(18-28(39)33-14-15-34-31(40)21-6-5-7-24(16-21)43(3,4)41)35-29(20-8-10-22(32)11-9-20)25-17-23(42-2)12-13-27(25)38(19)30/h19-27,30,36-37,41H,5-18H2,1-4H3,(H,33,39)(H,34,40)/t19?,20?,21?,22?,23?,24?,25?,26-,27?,30?/m0/s1. The van der Waals surface area contributed by atoms with Crippen molar-refractivity contribution in [3.8, 4) is 0 Å². The maximum absolute atomic E-state index is 13.3. The monoisotopic (exact) mass is 638 g/mol. The minimum absolute atomic E-state index is 0.0430. The molecule has 1 saturated heterocycles. The summed E-state index contributed by atoms with van der Waals surface area (Å²) in [5.41, 5.74) is 8.47. The lowest BCUT2D eigenvalue weighted by atomic mass is 9.72. The highest BCUT2D eigenvalue weighted by molar-refractivity contribution is 6.71. The Morgan fingerprint density at radius 3 is 2.51 bits per heavy atom. The topological polar surface area (TPSA) is 127 Å². The van der Waals surface area contributed by atoms with Gasteiger partial charge in [-0.15, -0.1) is 11.6 Å². The van der Waals surface area contributed by atoms with Crippen molar-refractivity contribution in [2.24, 2.45) is 22.7 Å². The van der Waals surface area contributed by atoms with Gasteiger partial charge in [-0.05, 0) is 89.3 Å². The highest BCUT2D eigenvalue weighted by Gasteiger charge is 2.50. The predicted molar refractivity (Wildman–Crippen MR) is 172 cm³/mol. The molecule has 2 amide bonds. The van der Waals surface area contributed by atoms with E-state index in [1.54, 1.807) is 0 Å². The van der Waals surface area contributed by atoms with Gasteiger partial charge in [0.25, 0.3) is 0 Å². The molecule has 0 aromatic carbocycles. The number of rotatable bonds is 9. The minimum Gasteiger partial charge on any atom is -0.432 e. The summed E-state index contributed by atoms with van der Waals surface area (Å²) in [7, 11) is -0.424. The summed E-state index contributed by atoms with van der Waals surface area (Å²) in [6.45, 7) is 6.93. The van der Waals surface area contributed by atoms with Gasteiger partial charge in [0.1, 0.15) is 0 Å². The number of methoxy groups -OCH3 is 1. The van der Waals surface area contributed by atoms with Crippen molar-refractivity contribution in [2.75, 3.05) is 20.2 Å². The fraction of sp³-hybridized carbons (Fsp3) is 0.903. The lowest BCUT2D eigenvalue weighted by Crippen LogP contribution is -2.55. The summed E-state index contributed by atoms with van der Waals surface area (Å²) in [6.07, 6.45) is 11.4. The van der Waals surface area contributed by atoms with Gasteiger partial charge in [-0.2, -0.15) is 0 Å². The molecule has 3 saturated carbocycles. The van der Waals surface area contributed by atoms with Crippen LogP contribution in [0.3, 0.4) is 0 Å². The molecule has 0 radical (unpaired) electrons. The van der Waals surface area contributed by atoms with E-state index in [0.717, 1.165) is 70.6 Å². The summed E-state index contributed by atoms with van der Waals surface area (Å²) < 4.78 is 5.86. The zero-order valence-electron chi connectivity index (χ0n) is 26.6. The van der Waals surface area contributed by atoms with Crippen molar-refractivity contribution in [1.82, 2.24) is 26.4 Å². The van der Waals surface area contributed by atoms with E-state index in [2.05, 4.69) is 33.3 Å². The Bertz CT molecular complexity index is 1010. The fourth-order valence-electron chi connectivity index (χ4n) is 8.52. The van der Waals surface area contributed by atoms with E-state index in [1.807, 2.05) is 20.2 Å². The third-order valence-corrected chi connectivity index (χ3v) is 14.0. The first-order chi connectivity index (χ1) is 20.5. The third kappa shape index (κ3) is 8.02. The molecule has 4 fully saturated rings. The predicted octanol–water partition coefficient (Wildman–Crippen LogP) is 3.25. The molecular weight excluding hydrogens is 584 g/mol.